The predicted molar refractivity (Wildman–Crippen MR) is 74.5 cm³/mol. The summed E-state index contributed by atoms with van der Waals surface area (Å²) in [5, 5.41) is 4.52. The van der Waals surface area contributed by atoms with Crippen molar-refractivity contribution in [1.29, 1.82) is 0 Å². The lowest BCUT2D eigenvalue weighted by Crippen LogP contribution is -2.30. The van der Waals surface area contributed by atoms with E-state index in [9.17, 15) is 0 Å². The number of aryl methyl sites for hydroxylation is 1. The largest absolute Gasteiger partial charge is 0.394 e. The van der Waals surface area contributed by atoms with Crippen LogP contribution in [0, 0.1) is 0 Å². The number of nitrogens with two attached hydrogens (primary N) is 1. The first-order valence-corrected chi connectivity index (χ1v) is 6.45. The van der Waals surface area contributed by atoms with Gasteiger partial charge >= 0.3 is 0 Å². The molecule has 1 rings (SSSR count). The van der Waals surface area contributed by atoms with Gasteiger partial charge in [-0.2, -0.15) is 5.10 Å². The third-order valence-electron chi connectivity index (χ3n) is 3.33. The van der Waals surface area contributed by atoms with Crippen LogP contribution in [0.25, 0.3) is 0 Å². The molecule has 0 aromatic carbocycles. The lowest BCUT2D eigenvalue weighted by molar-refractivity contribution is 0.594. The summed E-state index contributed by atoms with van der Waals surface area (Å²) in [5.41, 5.74) is 8.04. The minimum absolute atomic E-state index is 0.366. The Morgan fingerprint density at radius 2 is 1.94 bits per heavy atom. The third kappa shape index (κ3) is 2.73. The molecule has 0 amide bonds. The molecule has 0 saturated heterocycles. The third-order valence-corrected chi connectivity index (χ3v) is 3.33. The van der Waals surface area contributed by atoms with Gasteiger partial charge in [0.15, 0.2) is 0 Å². The second kappa shape index (κ2) is 5.43. The second-order valence-electron chi connectivity index (χ2n) is 5.15. The number of anilines is 2. The molecule has 4 heteroatoms. The highest BCUT2D eigenvalue weighted by Gasteiger charge is 2.21. The van der Waals surface area contributed by atoms with Crippen molar-refractivity contribution >= 4 is 11.5 Å². The molecule has 0 spiro atoms. The van der Waals surface area contributed by atoms with Crippen molar-refractivity contribution in [1.82, 2.24) is 9.78 Å². The Morgan fingerprint density at radius 3 is 2.35 bits per heavy atom. The molecule has 0 aliphatic carbocycles. The molecule has 0 aliphatic rings. The van der Waals surface area contributed by atoms with Crippen molar-refractivity contribution in [3.63, 3.8) is 0 Å². The van der Waals surface area contributed by atoms with Gasteiger partial charge in [-0.15, -0.1) is 0 Å². The number of aromatic nitrogens is 2. The summed E-state index contributed by atoms with van der Waals surface area (Å²) in [4.78, 5) is 2.23. The average Bonchev–Trinajstić information content (AvgIpc) is 2.54. The summed E-state index contributed by atoms with van der Waals surface area (Å²) in [6.07, 6.45) is 2.35. The van der Waals surface area contributed by atoms with Crippen LogP contribution >= 0.6 is 0 Å². The smallest absolute Gasteiger partial charge is 0.150 e. The van der Waals surface area contributed by atoms with Gasteiger partial charge in [0.2, 0.25) is 0 Å². The van der Waals surface area contributed by atoms with Gasteiger partial charge in [0.05, 0.1) is 11.4 Å². The topological polar surface area (TPSA) is 47.1 Å². The van der Waals surface area contributed by atoms with Gasteiger partial charge in [0.25, 0.3) is 0 Å². The van der Waals surface area contributed by atoms with Crippen molar-refractivity contribution in [3.05, 3.63) is 5.69 Å². The molecule has 1 unspecified atom stereocenters. The fraction of sp³-hybridized carbons (Fsp3) is 0.769. The molecule has 1 atom stereocenters. The lowest BCUT2D eigenvalue weighted by atomic mass is 10.1. The highest BCUT2D eigenvalue weighted by atomic mass is 15.4. The summed E-state index contributed by atoms with van der Waals surface area (Å²) >= 11 is 0. The molecule has 17 heavy (non-hydrogen) atoms. The molecule has 2 N–H and O–H groups in total. The summed E-state index contributed by atoms with van der Waals surface area (Å²) < 4.78 is 1.90. The van der Waals surface area contributed by atoms with E-state index in [1.165, 1.54) is 6.42 Å². The average molecular weight is 238 g/mol. The van der Waals surface area contributed by atoms with Crippen LogP contribution in [0.5, 0.6) is 0 Å². The highest BCUT2D eigenvalue weighted by molar-refractivity contribution is 5.67. The molecule has 1 aromatic rings. The van der Waals surface area contributed by atoms with Gasteiger partial charge in [-0.25, -0.2) is 0 Å². The Bertz CT molecular complexity index is 368. The normalized spacial score (nSPS) is 13.1. The quantitative estimate of drug-likeness (QED) is 0.858. The van der Waals surface area contributed by atoms with Crippen LogP contribution in [0.15, 0.2) is 0 Å². The Morgan fingerprint density at radius 1 is 1.35 bits per heavy atom. The van der Waals surface area contributed by atoms with E-state index in [2.05, 4.69) is 44.7 Å². The van der Waals surface area contributed by atoms with Crippen molar-refractivity contribution in [2.75, 3.05) is 17.7 Å². The first-order valence-electron chi connectivity index (χ1n) is 6.45. The lowest BCUT2D eigenvalue weighted by Gasteiger charge is -2.27. The molecule has 0 saturated carbocycles. The van der Waals surface area contributed by atoms with Crippen LogP contribution in [0.2, 0.25) is 0 Å². The summed E-state index contributed by atoms with van der Waals surface area (Å²) in [7, 11) is 4.06. The molecular formula is C13H26N4. The first-order chi connectivity index (χ1) is 7.90. The van der Waals surface area contributed by atoms with Crippen LogP contribution in [-0.4, -0.2) is 22.9 Å². The van der Waals surface area contributed by atoms with E-state index in [0.717, 1.165) is 23.6 Å². The van der Waals surface area contributed by atoms with Crippen LogP contribution in [0.4, 0.5) is 11.5 Å². The zero-order valence-electron chi connectivity index (χ0n) is 12.0. The van der Waals surface area contributed by atoms with Crippen molar-refractivity contribution in [2.24, 2.45) is 7.05 Å². The summed E-state index contributed by atoms with van der Waals surface area (Å²) in [6, 6.07) is 0.484. The monoisotopic (exact) mass is 238 g/mol. The van der Waals surface area contributed by atoms with E-state index in [-0.39, 0.29) is 0 Å². The van der Waals surface area contributed by atoms with Gasteiger partial charge in [-0.05, 0) is 19.3 Å². The van der Waals surface area contributed by atoms with Crippen LogP contribution in [0.1, 0.15) is 52.1 Å². The molecule has 1 heterocycles. The standard InChI is InChI=1S/C13H26N4/c1-7-8-10(4)16(5)13-11(14)12(9(2)3)15-17(13)6/h9-10H,7-8,14H2,1-6H3. The Hall–Kier alpha value is -1.19. The molecule has 0 fully saturated rings. The van der Waals surface area contributed by atoms with Gasteiger partial charge in [0.1, 0.15) is 5.82 Å². The van der Waals surface area contributed by atoms with Gasteiger partial charge < -0.3 is 10.6 Å². The van der Waals surface area contributed by atoms with Crippen molar-refractivity contribution < 1.29 is 0 Å². The van der Waals surface area contributed by atoms with E-state index in [4.69, 9.17) is 5.73 Å². The van der Waals surface area contributed by atoms with Gasteiger partial charge in [-0.3, -0.25) is 4.68 Å². The molecule has 0 bridgehead atoms. The van der Waals surface area contributed by atoms with E-state index in [1.54, 1.807) is 0 Å². The molecule has 0 aliphatic heterocycles. The Labute approximate surface area is 105 Å². The SMILES string of the molecule is CCCC(C)N(C)c1c(N)c(C(C)C)nn1C. The van der Waals surface area contributed by atoms with E-state index in [1.807, 2.05) is 11.7 Å². The maximum Gasteiger partial charge on any atom is 0.150 e. The molecule has 1 aromatic heterocycles. The number of rotatable bonds is 5. The van der Waals surface area contributed by atoms with Crippen LogP contribution in [-0.2, 0) is 7.05 Å². The number of nitrogen functional groups attached to an aromatic ring is 1. The van der Waals surface area contributed by atoms with Gasteiger partial charge in [-0.1, -0.05) is 27.2 Å². The minimum atomic E-state index is 0.366. The summed E-state index contributed by atoms with van der Waals surface area (Å²) in [6.45, 7) is 8.68. The molecule has 98 valence electrons. The van der Waals surface area contributed by atoms with Crippen molar-refractivity contribution in [2.45, 2.75) is 52.5 Å². The van der Waals surface area contributed by atoms with Gasteiger partial charge in [0, 0.05) is 20.1 Å². The number of hydrogen-bond donors (Lipinski definition) is 1. The van der Waals surface area contributed by atoms with Crippen LogP contribution in [0.3, 0.4) is 0 Å². The van der Waals surface area contributed by atoms with Crippen molar-refractivity contribution in [3.8, 4) is 0 Å². The number of hydrogen-bond acceptors (Lipinski definition) is 3. The highest BCUT2D eigenvalue weighted by Crippen LogP contribution is 2.31. The number of nitrogens with zero attached hydrogens (tertiary/aromatic N) is 3. The minimum Gasteiger partial charge on any atom is -0.394 e. The predicted octanol–water partition coefficient (Wildman–Crippen LogP) is 2.75. The Balaban J connectivity index is 3.05. The fourth-order valence-electron chi connectivity index (χ4n) is 2.22. The Kier molecular flexibility index (Phi) is 4.43. The van der Waals surface area contributed by atoms with Crippen LogP contribution < -0.4 is 10.6 Å². The maximum absolute atomic E-state index is 6.21. The zero-order chi connectivity index (χ0) is 13.2. The first kappa shape index (κ1) is 13.9. The second-order valence-corrected chi connectivity index (χ2v) is 5.15. The summed E-state index contributed by atoms with van der Waals surface area (Å²) in [5.74, 6) is 1.40. The van der Waals surface area contributed by atoms with E-state index < -0.39 is 0 Å². The van der Waals surface area contributed by atoms with E-state index >= 15 is 0 Å². The van der Waals surface area contributed by atoms with E-state index in [0.29, 0.717) is 12.0 Å². The fourth-order valence-corrected chi connectivity index (χ4v) is 2.22. The molecule has 4 nitrogen and oxygen atoms in total. The molecular weight excluding hydrogens is 212 g/mol. The zero-order valence-corrected chi connectivity index (χ0v) is 12.0. The maximum atomic E-state index is 6.21. The molecule has 0 radical (unpaired) electrons.